The molecule has 0 bridgehead atoms. The molecule has 0 fully saturated rings. The van der Waals surface area contributed by atoms with E-state index in [-0.39, 0.29) is 22.4 Å². The van der Waals surface area contributed by atoms with E-state index in [1.807, 2.05) is 0 Å². The molecular formula is C16H14F2N6O3S2. The van der Waals surface area contributed by atoms with Crippen LogP contribution in [-0.2, 0) is 15.6 Å². The first kappa shape index (κ1) is 19.4. The van der Waals surface area contributed by atoms with E-state index in [2.05, 4.69) is 20.2 Å². The second-order valence-electron chi connectivity index (χ2n) is 6.56. The third-order valence-electron chi connectivity index (χ3n) is 4.40. The highest BCUT2D eigenvalue weighted by Gasteiger charge is 2.43. The van der Waals surface area contributed by atoms with Crippen molar-refractivity contribution in [3.8, 4) is 22.0 Å². The summed E-state index contributed by atoms with van der Waals surface area (Å²) in [5.41, 5.74) is 4.72. The monoisotopic (exact) mass is 440 g/mol. The average Bonchev–Trinajstić information content (AvgIpc) is 3.29. The Labute approximate surface area is 168 Å². The standard InChI is InChI=1S/C16H14F2N6O3S2/c1-16(6-29(25,26)24(2)15(19)22-16)13-9(17)5-11(28-13)8-3-10(21-12(18)4-8)14-23-20-7-27-14/h3-5,7H,6H2,1-2H3,(H2,19,22)/t16-/m0/s1. The molecule has 4 heterocycles. The summed E-state index contributed by atoms with van der Waals surface area (Å²) < 4.78 is 59.4. The molecule has 3 aromatic rings. The van der Waals surface area contributed by atoms with Crippen molar-refractivity contribution in [1.29, 1.82) is 0 Å². The van der Waals surface area contributed by atoms with Crippen molar-refractivity contribution in [3.05, 3.63) is 41.2 Å². The molecule has 3 aromatic heterocycles. The Bertz CT molecular complexity index is 1230. The van der Waals surface area contributed by atoms with Crippen LogP contribution in [0.25, 0.3) is 22.0 Å². The molecule has 2 N–H and O–H groups in total. The van der Waals surface area contributed by atoms with Crippen LogP contribution < -0.4 is 5.73 Å². The Kier molecular flexibility index (Phi) is 4.38. The molecule has 0 saturated carbocycles. The second kappa shape index (κ2) is 6.56. The Morgan fingerprint density at radius 1 is 1.31 bits per heavy atom. The zero-order chi connectivity index (χ0) is 21.0. The number of halogens is 2. The van der Waals surface area contributed by atoms with Crippen molar-refractivity contribution in [2.24, 2.45) is 10.7 Å². The first-order valence-corrected chi connectivity index (χ1v) is 10.6. The summed E-state index contributed by atoms with van der Waals surface area (Å²) in [5, 5.41) is 7.20. The van der Waals surface area contributed by atoms with Crippen molar-refractivity contribution in [2.45, 2.75) is 12.5 Å². The van der Waals surface area contributed by atoms with Gasteiger partial charge in [0.15, 0.2) is 0 Å². The van der Waals surface area contributed by atoms with Crippen molar-refractivity contribution in [3.63, 3.8) is 0 Å². The quantitative estimate of drug-likeness (QED) is 0.617. The first-order valence-electron chi connectivity index (χ1n) is 8.15. The van der Waals surface area contributed by atoms with E-state index in [9.17, 15) is 17.2 Å². The van der Waals surface area contributed by atoms with Crippen molar-refractivity contribution in [2.75, 3.05) is 12.8 Å². The van der Waals surface area contributed by atoms with E-state index in [4.69, 9.17) is 10.2 Å². The third-order valence-corrected chi connectivity index (χ3v) is 7.76. The van der Waals surface area contributed by atoms with Gasteiger partial charge in [0.25, 0.3) is 5.89 Å². The fourth-order valence-corrected chi connectivity index (χ4v) is 5.62. The fourth-order valence-electron chi connectivity index (χ4n) is 2.98. The molecule has 0 unspecified atom stereocenters. The lowest BCUT2D eigenvalue weighted by Gasteiger charge is -2.33. The predicted molar refractivity (Wildman–Crippen MR) is 101 cm³/mol. The fraction of sp³-hybridized carbons (Fsp3) is 0.250. The summed E-state index contributed by atoms with van der Waals surface area (Å²) in [7, 11) is -2.48. The van der Waals surface area contributed by atoms with Gasteiger partial charge >= 0.3 is 0 Å². The maximum atomic E-state index is 14.8. The maximum absolute atomic E-state index is 14.8. The van der Waals surface area contributed by atoms with Crippen molar-refractivity contribution < 1.29 is 21.6 Å². The van der Waals surface area contributed by atoms with Gasteiger partial charge in [-0.3, -0.25) is 0 Å². The molecule has 13 heteroatoms. The van der Waals surface area contributed by atoms with E-state index in [1.54, 1.807) is 0 Å². The SMILES string of the molecule is CN1C(N)=N[C@](C)(c2sc(-c3cc(F)nc(-c4nnco4)c3)cc2F)CS1(=O)=O. The number of pyridine rings is 1. The van der Waals surface area contributed by atoms with Gasteiger partial charge < -0.3 is 10.2 Å². The number of nitrogens with zero attached hydrogens (tertiary/aromatic N) is 5. The maximum Gasteiger partial charge on any atom is 0.266 e. The molecule has 0 saturated heterocycles. The van der Waals surface area contributed by atoms with Crippen molar-refractivity contribution in [1.82, 2.24) is 19.5 Å². The molecule has 1 aliphatic rings. The average molecular weight is 440 g/mol. The molecule has 0 amide bonds. The third kappa shape index (κ3) is 3.35. The van der Waals surface area contributed by atoms with Crippen LogP contribution in [0.1, 0.15) is 11.8 Å². The Morgan fingerprint density at radius 2 is 2.07 bits per heavy atom. The zero-order valence-corrected chi connectivity index (χ0v) is 16.8. The molecule has 0 spiro atoms. The highest BCUT2D eigenvalue weighted by atomic mass is 32.2. The minimum Gasteiger partial charge on any atom is -0.422 e. The normalized spacial score (nSPS) is 21.2. The van der Waals surface area contributed by atoms with E-state index < -0.39 is 33.1 Å². The van der Waals surface area contributed by atoms with Gasteiger partial charge in [-0.1, -0.05) is 0 Å². The van der Waals surface area contributed by atoms with Gasteiger partial charge in [-0.05, 0) is 24.6 Å². The Balaban J connectivity index is 1.80. The summed E-state index contributed by atoms with van der Waals surface area (Å²) >= 11 is 0.955. The number of hydrogen-bond donors (Lipinski definition) is 1. The molecular weight excluding hydrogens is 426 g/mol. The van der Waals surface area contributed by atoms with Gasteiger partial charge in [-0.2, -0.15) is 4.39 Å². The Morgan fingerprint density at radius 3 is 2.72 bits per heavy atom. The zero-order valence-electron chi connectivity index (χ0n) is 15.1. The van der Waals surface area contributed by atoms with Crippen LogP contribution >= 0.6 is 11.3 Å². The van der Waals surface area contributed by atoms with Gasteiger partial charge in [-0.15, -0.1) is 21.5 Å². The highest BCUT2D eigenvalue weighted by Crippen LogP contribution is 2.41. The predicted octanol–water partition coefficient (Wildman–Crippen LogP) is 1.94. The molecule has 1 aliphatic heterocycles. The number of sulfonamides is 1. The number of nitrogens with two attached hydrogens (primary N) is 1. The van der Waals surface area contributed by atoms with Crippen LogP contribution in [0.5, 0.6) is 0 Å². The van der Waals surface area contributed by atoms with Crippen LogP contribution in [0.15, 0.2) is 34.0 Å². The van der Waals surface area contributed by atoms with Gasteiger partial charge in [0, 0.05) is 18.0 Å². The van der Waals surface area contributed by atoms with Crippen LogP contribution in [0.3, 0.4) is 0 Å². The van der Waals surface area contributed by atoms with Gasteiger partial charge in [0.1, 0.15) is 17.1 Å². The van der Waals surface area contributed by atoms with Crippen LogP contribution in [-0.4, -0.2) is 46.7 Å². The topological polar surface area (TPSA) is 128 Å². The number of rotatable bonds is 3. The van der Waals surface area contributed by atoms with Crippen LogP contribution in [0, 0.1) is 11.8 Å². The number of thiophene rings is 1. The molecule has 0 radical (unpaired) electrons. The summed E-state index contributed by atoms with van der Waals surface area (Å²) in [6.45, 7) is 1.49. The molecule has 4 rings (SSSR count). The minimum absolute atomic E-state index is 0.00810. The number of aromatic nitrogens is 3. The molecule has 0 aromatic carbocycles. The number of guanidine groups is 1. The van der Waals surface area contributed by atoms with E-state index in [1.165, 1.54) is 26.1 Å². The molecule has 29 heavy (non-hydrogen) atoms. The minimum atomic E-state index is -3.76. The van der Waals surface area contributed by atoms with Crippen LogP contribution in [0.2, 0.25) is 0 Å². The lowest BCUT2D eigenvalue weighted by atomic mass is 10.0. The van der Waals surface area contributed by atoms with E-state index in [0.717, 1.165) is 28.1 Å². The molecule has 1 atom stereocenters. The van der Waals surface area contributed by atoms with Gasteiger partial charge in [-0.25, -0.2) is 27.1 Å². The molecule has 9 nitrogen and oxygen atoms in total. The van der Waals surface area contributed by atoms with Crippen molar-refractivity contribution >= 4 is 27.3 Å². The number of hydrogen-bond acceptors (Lipinski definition) is 9. The lowest BCUT2D eigenvalue weighted by Crippen LogP contribution is -2.50. The van der Waals surface area contributed by atoms with Gasteiger partial charge in [0.2, 0.25) is 28.3 Å². The first-order chi connectivity index (χ1) is 13.6. The Hall–Kier alpha value is -2.93. The molecule has 152 valence electrons. The lowest BCUT2D eigenvalue weighted by molar-refractivity contribution is 0.466. The van der Waals surface area contributed by atoms with E-state index in [0.29, 0.717) is 10.4 Å². The summed E-state index contributed by atoms with van der Waals surface area (Å²) in [5.74, 6) is -2.16. The van der Waals surface area contributed by atoms with E-state index >= 15 is 0 Å². The summed E-state index contributed by atoms with van der Waals surface area (Å²) in [6, 6.07) is 3.78. The summed E-state index contributed by atoms with van der Waals surface area (Å²) in [6.07, 6.45) is 1.08. The smallest absolute Gasteiger partial charge is 0.266 e. The highest BCUT2D eigenvalue weighted by molar-refractivity contribution is 7.89. The van der Waals surface area contributed by atoms with Gasteiger partial charge in [0.05, 0.1) is 10.6 Å². The largest absolute Gasteiger partial charge is 0.422 e. The van der Waals surface area contributed by atoms with Crippen LogP contribution in [0.4, 0.5) is 8.78 Å². The second-order valence-corrected chi connectivity index (χ2v) is 9.62. The number of aliphatic imine (C=N–C) groups is 1. The summed E-state index contributed by atoms with van der Waals surface area (Å²) in [4.78, 5) is 8.32. The molecule has 0 aliphatic carbocycles.